The number of carbonyl (C=O) groups excluding carboxylic acids is 4. The number of esters is 4. The van der Waals surface area contributed by atoms with Crippen molar-refractivity contribution in [2.24, 2.45) is 5.92 Å². The van der Waals surface area contributed by atoms with Crippen LogP contribution in [0.25, 0.3) is 44.9 Å². The van der Waals surface area contributed by atoms with Gasteiger partial charge in [0, 0.05) is 40.5 Å². The molecular weight excluding hydrogens is 745 g/mol. The number of nitrogens with zero attached hydrogens (tertiary/aromatic N) is 2. The van der Waals surface area contributed by atoms with Crippen LogP contribution in [-0.2, 0) is 50.0 Å². The summed E-state index contributed by atoms with van der Waals surface area (Å²) >= 11 is 0. The first-order chi connectivity index (χ1) is 27.8. The molecule has 58 heavy (non-hydrogen) atoms. The van der Waals surface area contributed by atoms with Gasteiger partial charge >= 0.3 is 23.9 Å². The Morgan fingerprint density at radius 1 is 0.793 bits per heavy atom. The summed E-state index contributed by atoms with van der Waals surface area (Å²) in [6.07, 6.45) is 5.77. The molecule has 0 spiro atoms. The van der Waals surface area contributed by atoms with Crippen LogP contribution in [0.5, 0.6) is 0 Å². The Balaban J connectivity index is 1.70. The van der Waals surface area contributed by atoms with Gasteiger partial charge in [-0.2, -0.15) is 0 Å². The molecule has 6 rings (SSSR count). The Kier molecular flexibility index (Phi) is 12.3. The number of aliphatic hydroxyl groups is 2. The van der Waals surface area contributed by atoms with Crippen LogP contribution in [0.15, 0.2) is 48.6 Å². The third-order valence-electron chi connectivity index (χ3n) is 11.2. The van der Waals surface area contributed by atoms with Crippen LogP contribution in [0.2, 0.25) is 0 Å². The molecule has 5 heterocycles. The molecule has 0 aromatic carbocycles. The Morgan fingerprint density at radius 2 is 1.41 bits per heavy atom. The topological polar surface area (TPSA) is 203 Å². The number of carbonyl (C=O) groups is 4. The van der Waals surface area contributed by atoms with Crippen LogP contribution in [0.3, 0.4) is 0 Å². The molecule has 0 amide bonds. The number of rotatable bonds is 13. The number of ether oxygens (including phenoxy) is 4. The largest absolute Gasteiger partial charge is 0.469 e. The number of methoxy groups -OCH3 is 2. The SMILES string of the molecule is C=Cc1c(C)c2cc3nc(cc4[nH]c(cc5nc(cc1[nH]2)C(C)=C5CCC(=O)OCCO)c(CCC(=O)OCCO)c4C)[C@@]1(C)C3=CC=C(C(=O)OC)[C@H]1C(=O)OC. The van der Waals surface area contributed by atoms with Gasteiger partial charge in [0.15, 0.2) is 0 Å². The molecule has 0 fully saturated rings. The van der Waals surface area contributed by atoms with E-state index in [9.17, 15) is 29.4 Å². The van der Waals surface area contributed by atoms with E-state index in [4.69, 9.17) is 28.9 Å². The van der Waals surface area contributed by atoms with Gasteiger partial charge in [0.05, 0.1) is 61.2 Å². The summed E-state index contributed by atoms with van der Waals surface area (Å²) in [6, 6.07) is 7.57. The zero-order valence-corrected chi connectivity index (χ0v) is 33.5. The third kappa shape index (κ3) is 7.64. The Hall–Kier alpha value is -6.12. The monoisotopic (exact) mass is 792 g/mol. The highest BCUT2D eigenvalue weighted by Crippen LogP contribution is 2.52. The first kappa shape index (κ1) is 41.5. The summed E-state index contributed by atoms with van der Waals surface area (Å²) < 4.78 is 20.8. The number of hydrogen-bond donors (Lipinski definition) is 4. The quantitative estimate of drug-likeness (QED) is 0.125. The van der Waals surface area contributed by atoms with Crippen molar-refractivity contribution in [2.75, 3.05) is 40.6 Å². The molecule has 2 atom stereocenters. The minimum absolute atomic E-state index is 0.0176. The van der Waals surface area contributed by atoms with Gasteiger partial charge in [-0.05, 0) is 98.2 Å². The second-order valence-corrected chi connectivity index (χ2v) is 14.4. The van der Waals surface area contributed by atoms with E-state index in [0.29, 0.717) is 45.8 Å². The van der Waals surface area contributed by atoms with E-state index >= 15 is 0 Å². The van der Waals surface area contributed by atoms with Gasteiger partial charge < -0.3 is 39.1 Å². The van der Waals surface area contributed by atoms with Crippen molar-refractivity contribution >= 4 is 68.7 Å². The first-order valence-corrected chi connectivity index (χ1v) is 19.0. The van der Waals surface area contributed by atoms with Gasteiger partial charge in [-0.1, -0.05) is 24.8 Å². The van der Waals surface area contributed by atoms with E-state index in [2.05, 4.69) is 16.5 Å². The van der Waals surface area contributed by atoms with E-state index < -0.39 is 35.2 Å². The summed E-state index contributed by atoms with van der Waals surface area (Å²) in [5.41, 5.74) is 9.62. The van der Waals surface area contributed by atoms with Crippen LogP contribution < -0.4 is 0 Å². The maximum absolute atomic E-state index is 13.8. The highest BCUT2D eigenvalue weighted by molar-refractivity contribution is 6.02. The van der Waals surface area contributed by atoms with Crippen LogP contribution >= 0.6 is 0 Å². The maximum Gasteiger partial charge on any atom is 0.334 e. The van der Waals surface area contributed by atoms with Crippen molar-refractivity contribution in [3.63, 3.8) is 0 Å². The van der Waals surface area contributed by atoms with Gasteiger partial charge in [-0.3, -0.25) is 19.4 Å². The number of aryl methyl sites for hydroxylation is 3. The Morgan fingerprint density at radius 3 is 2.05 bits per heavy atom. The smallest absolute Gasteiger partial charge is 0.334 e. The molecule has 14 heteroatoms. The Labute approximate surface area is 335 Å². The van der Waals surface area contributed by atoms with E-state index in [0.717, 1.165) is 44.4 Å². The number of aromatic nitrogens is 4. The second-order valence-electron chi connectivity index (χ2n) is 14.4. The fraction of sp³-hybridized carbons (Fsp3) is 0.364. The van der Waals surface area contributed by atoms with Crippen LogP contribution in [0.1, 0.15) is 78.1 Å². The number of aromatic amines is 2. The molecule has 8 bridgehead atoms. The van der Waals surface area contributed by atoms with Crippen molar-refractivity contribution in [2.45, 2.75) is 58.8 Å². The fourth-order valence-corrected chi connectivity index (χ4v) is 8.04. The van der Waals surface area contributed by atoms with Crippen molar-refractivity contribution in [3.8, 4) is 0 Å². The number of allylic oxidation sites excluding steroid dienone is 5. The van der Waals surface area contributed by atoms with Gasteiger partial charge in [-0.25, -0.2) is 9.78 Å². The molecule has 0 unspecified atom stereocenters. The summed E-state index contributed by atoms with van der Waals surface area (Å²) in [6.45, 7) is 11.0. The second kappa shape index (κ2) is 17.2. The molecule has 0 saturated heterocycles. The molecular formula is C44H48N4O10. The normalized spacial score (nSPS) is 17.2. The average Bonchev–Trinajstić information content (AvgIpc) is 3.87. The number of H-pyrrole nitrogens is 2. The lowest BCUT2D eigenvalue weighted by atomic mass is 9.64. The van der Waals surface area contributed by atoms with Crippen molar-refractivity contribution in [3.05, 3.63) is 93.6 Å². The van der Waals surface area contributed by atoms with Gasteiger partial charge in [0.1, 0.15) is 19.1 Å². The average molecular weight is 793 g/mol. The summed E-state index contributed by atoms with van der Waals surface area (Å²) in [5, 5.41) is 18.4. The van der Waals surface area contributed by atoms with Crippen LogP contribution in [-0.4, -0.2) is 94.7 Å². The molecule has 0 saturated carbocycles. The lowest BCUT2D eigenvalue weighted by Crippen LogP contribution is -2.42. The lowest BCUT2D eigenvalue weighted by molar-refractivity contribution is -0.149. The zero-order chi connectivity index (χ0) is 41.9. The van der Waals surface area contributed by atoms with Gasteiger partial charge in [0.2, 0.25) is 0 Å². The van der Waals surface area contributed by atoms with Crippen molar-refractivity contribution < 1.29 is 48.3 Å². The molecule has 3 aromatic rings. The molecule has 3 aliphatic rings. The zero-order valence-electron chi connectivity index (χ0n) is 33.5. The standard InChI is InChI=1S/C44H48N4O10/c1-8-26-23(2)32-20-37-30-12-9-29(42(53)55-6)41(43(54)56-7)44(30,5)38(48-37)22-33-25(4)28(11-14-40(52)58-18-16-50)36(47-33)21-35-27(10-13-39(51)57-17-15-49)24(3)31(46-35)19-34(26)45-32/h8-9,12,19-22,41,45,47,49-50H,1,10-11,13-18H2,2-7H3/t41-,44+/m0/s1. The van der Waals surface area contributed by atoms with E-state index in [1.54, 1.807) is 18.2 Å². The van der Waals surface area contributed by atoms with Gasteiger partial charge in [-0.15, -0.1) is 0 Å². The molecule has 3 aromatic heterocycles. The minimum atomic E-state index is -1.20. The number of hydrogen-bond acceptors (Lipinski definition) is 12. The molecule has 0 radical (unpaired) electrons. The minimum Gasteiger partial charge on any atom is -0.469 e. The highest BCUT2D eigenvalue weighted by Gasteiger charge is 2.53. The number of aliphatic hydroxyl groups excluding tert-OH is 2. The van der Waals surface area contributed by atoms with Crippen molar-refractivity contribution in [1.29, 1.82) is 0 Å². The first-order valence-electron chi connectivity index (χ1n) is 19.0. The molecule has 2 aliphatic heterocycles. The Bertz CT molecular complexity index is 2470. The third-order valence-corrected chi connectivity index (χ3v) is 11.2. The summed E-state index contributed by atoms with van der Waals surface area (Å²) in [7, 11) is 2.53. The predicted molar refractivity (Wildman–Crippen MR) is 218 cm³/mol. The lowest BCUT2D eigenvalue weighted by Gasteiger charge is -2.36. The molecule has 4 N–H and O–H groups in total. The number of nitrogens with one attached hydrogen (secondary N) is 2. The highest BCUT2D eigenvalue weighted by atomic mass is 16.5. The predicted octanol–water partition coefficient (Wildman–Crippen LogP) is 5.53. The molecule has 1 aliphatic carbocycles. The van der Waals surface area contributed by atoms with Crippen molar-refractivity contribution in [1.82, 2.24) is 19.9 Å². The maximum atomic E-state index is 13.8. The van der Waals surface area contributed by atoms with Crippen LogP contribution in [0.4, 0.5) is 0 Å². The van der Waals surface area contributed by atoms with E-state index in [1.807, 2.05) is 52.0 Å². The molecule has 14 nitrogen and oxygen atoms in total. The summed E-state index contributed by atoms with van der Waals surface area (Å²) in [4.78, 5) is 69.6. The molecule has 304 valence electrons. The number of fused-ring (bicyclic) bond motifs is 11. The fourth-order valence-electron chi connectivity index (χ4n) is 8.04. The van der Waals surface area contributed by atoms with E-state index in [-0.39, 0.29) is 51.3 Å². The van der Waals surface area contributed by atoms with Crippen LogP contribution in [0, 0.1) is 19.8 Å². The summed E-state index contributed by atoms with van der Waals surface area (Å²) in [5.74, 6) is -3.36. The van der Waals surface area contributed by atoms with Gasteiger partial charge in [0.25, 0.3) is 0 Å². The van der Waals surface area contributed by atoms with E-state index in [1.165, 1.54) is 14.2 Å².